The van der Waals surface area contributed by atoms with Crippen LogP contribution in [0.2, 0.25) is 0 Å². The number of nitrogens with zero attached hydrogens (tertiary/aromatic N) is 4. The summed E-state index contributed by atoms with van der Waals surface area (Å²) in [6, 6.07) is 7.24. The summed E-state index contributed by atoms with van der Waals surface area (Å²) in [6.45, 7) is 28.4. The van der Waals surface area contributed by atoms with Gasteiger partial charge in [0.05, 0.1) is 0 Å². The first kappa shape index (κ1) is 56.9. The first-order valence-corrected chi connectivity index (χ1v) is 26.2. The third-order valence-electron chi connectivity index (χ3n) is 17.0. The number of unbranched alkanes of at least 4 members (excludes halogenated alkanes) is 8. The van der Waals surface area contributed by atoms with Crippen LogP contribution < -0.4 is 0 Å². The summed E-state index contributed by atoms with van der Waals surface area (Å²) >= 11 is 0. The van der Waals surface area contributed by atoms with Gasteiger partial charge in [0, 0.05) is 73.3 Å². The van der Waals surface area contributed by atoms with Crippen molar-refractivity contribution in [2.45, 2.75) is 246 Å². The van der Waals surface area contributed by atoms with E-state index in [2.05, 4.69) is 92.9 Å². The molecule has 0 bridgehead atoms. The number of rotatable bonds is 28. The van der Waals surface area contributed by atoms with E-state index in [9.17, 15) is 29.4 Å². The molecule has 2 amide bonds. The van der Waals surface area contributed by atoms with E-state index < -0.39 is 12.2 Å². The molecule has 8 unspecified atom stereocenters. The highest BCUT2D eigenvalue weighted by Crippen LogP contribution is 2.49. The standard InChI is InChI=1S/C54H94N4O8/c1-13-19-21-23-25-30-47(59)65-34-32-57-51(9,15-3)37-45(41(7)53(57,11)17-5)55(49(61)62)39-43-28-27-29-44(36-43)40-56(50(63)64)46-38-52(10,16-4)58(54(12,18-6)42(46)8)33-35-66-48(60)31-26-24-22-20-14-2/h27-29,36,41-42,45-46H,13-26,30-35,37-40H2,1-12H3,(H,61,62)(H,63,64). The SMILES string of the molecule is CCCCCCCC(=O)OCCN1C(C)(CC)CC(N(Cc2cccc(CN(C(=O)O)C3CC(C)(CC)N(CCOC(=O)CCCCCCC)C(C)(CC)C3C)c2)C(=O)O)C(C)C1(C)CC. The number of hydrogen-bond acceptors (Lipinski definition) is 8. The predicted octanol–water partition coefficient (Wildman–Crippen LogP) is 12.5. The second-order valence-electron chi connectivity index (χ2n) is 21.0. The van der Waals surface area contributed by atoms with Crippen LogP contribution in [0.25, 0.3) is 0 Å². The largest absolute Gasteiger partial charge is 0.465 e. The molecule has 2 N–H and O–H groups in total. The molecule has 378 valence electrons. The molecular formula is C54H94N4O8. The fourth-order valence-corrected chi connectivity index (χ4v) is 11.8. The number of benzene rings is 1. The summed E-state index contributed by atoms with van der Waals surface area (Å²) in [5.74, 6) is -0.354. The Morgan fingerprint density at radius 2 is 0.955 bits per heavy atom. The summed E-state index contributed by atoms with van der Waals surface area (Å²) in [7, 11) is 0. The first-order chi connectivity index (χ1) is 31.2. The summed E-state index contributed by atoms with van der Waals surface area (Å²) in [6.07, 6.45) is 14.2. The van der Waals surface area contributed by atoms with Crippen LogP contribution in [-0.2, 0) is 32.2 Å². The molecule has 0 saturated carbocycles. The van der Waals surface area contributed by atoms with Gasteiger partial charge >= 0.3 is 24.1 Å². The monoisotopic (exact) mass is 927 g/mol. The van der Waals surface area contributed by atoms with Gasteiger partial charge in [0.15, 0.2) is 0 Å². The molecular weight excluding hydrogens is 833 g/mol. The van der Waals surface area contributed by atoms with Crippen LogP contribution in [0.5, 0.6) is 0 Å². The minimum atomic E-state index is -0.974. The number of amides is 2. The van der Waals surface area contributed by atoms with E-state index in [1.54, 1.807) is 9.80 Å². The maximum atomic E-state index is 13.3. The van der Waals surface area contributed by atoms with Crippen LogP contribution in [0.3, 0.4) is 0 Å². The van der Waals surface area contributed by atoms with Crippen LogP contribution in [0, 0.1) is 11.8 Å². The lowest BCUT2D eigenvalue weighted by Crippen LogP contribution is -2.70. The van der Waals surface area contributed by atoms with Crippen LogP contribution >= 0.6 is 0 Å². The summed E-state index contributed by atoms with van der Waals surface area (Å²) < 4.78 is 11.6. The van der Waals surface area contributed by atoms with Gasteiger partial charge in [-0.1, -0.05) is 131 Å². The number of esters is 2. The zero-order chi connectivity index (χ0) is 49.3. The van der Waals surface area contributed by atoms with Gasteiger partial charge in [-0.25, -0.2) is 9.59 Å². The smallest absolute Gasteiger partial charge is 0.407 e. The highest BCUT2D eigenvalue weighted by atomic mass is 16.5. The van der Waals surface area contributed by atoms with Gasteiger partial charge in [0.2, 0.25) is 0 Å². The fourth-order valence-electron chi connectivity index (χ4n) is 11.8. The number of piperidine rings is 2. The molecule has 0 aliphatic carbocycles. The molecule has 8 atom stereocenters. The van der Waals surface area contributed by atoms with E-state index in [1.165, 1.54) is 12.8 Å². The number of carbonyl (C=O) groups excluding carboxylic acids is 2. The van der Waals surface area contributed by atoms with Gasteiger partial charge in [-0.05, 0) is 102 Å². The van der Waals surface area contributed by atoms with Gasteiger partial charge in [-0.15, -0.1) is 0 Å². The zero-order valence-electron chi connectivity index (χ0n) is 43.7. The molecule has 12 nitrogen and oxygen atoms in total. The summed E-state index contributed by atoms with van der Waals surface area (Å²) in [5.41, 5.74) is 0.252. The van der Waals surface area contributed by atoms with Crippen molar-refractivity contribution in [3.05, 3.63) is 35.4 Å². The highest BCUT2D eigenvalue weighted by Gasteiger charge is 2.56. The third kappa shape index (κ3) is 14.3. The average Bonchev–Trinajstić information content (AvgIpc) is 3.29. The molecule has 2 aliphatic heterocycles. The molecule has 2 heterocycles. The van der Waals surface area contributed by atoms with Crippen molar-refractivity contribution >= 4 is 24.1 Å². The quantitative estimate of drug-likeness (QED) is 0.0616. The topological polar surface area (TPSA) is 140 Å². The Hall–Kier alpha value is -3.38. The van der Waals surface area contributed by atoms with E-state index in [0.29, 0.717) is 52.0 Å². The van der Waals surface area contributed by atoms with E-state index in [1.807, 2.05) is 24.3 Å². The molecule has 0 spiro atoms. The summed E-state index contributed by atoms with van der Waals surface area (Å²) in [5, 5.41) is 21.8. The van der Waals surface area contributed by atoms with Crippen molar-refractivity contribution in [3.8, 4) is 0 Å². The Balaban J connectivity index is 1.80. The number of ether oxygens (including phenoxy) is 2. The van der Waals surface area contributed by atoms with E-state index in [4.69, 9.17) is 9.47 Å². The Labute approximate surface area is 400 Å². The van der Waals surface area contributed by atoms with Crippen molar-refractivity contribution in [1.82, 2.24) is 19.6 Å². The van der Waals surface area contributed by atoms with Crippen LogP contribution in [0.4, 0.5) is 9.59 Å². The van der Waals surface area contributed by atoms with Crippen molar-refractivity contribution in [2.24, 2.45) is 11.8 Å². The normalized spacial score (nSPS) is 28.2. The van der Waals surface area contributed by atoms with Crippen LogP contribution in [0.15, 0.2) is 24.3 Å². The molecule has 0 radical (unpaired) electrons. The highest BCUT2D eigenvalue weighted by molar-refractivity contribution is 5.69. The molecule has 66 heavy (non-hydrogen) atoms. The molecule has 12 heteroatoms. The lowest BCUT2D eigenvalue weighted by Gasteiger charge is -2.62. The Morgan fingerprint density at radius 3 is 1.27 bits per heavy atom. The van der Waals surface area contributed by atoms with Gasteiger partial charge in [-0.2, -0.15) is 0 Å². The molecule has 0 aromatic heterocycles. The van der Waals surface area contributed by atoms with Crippen LogP contribution in [-0.4, -0.2) is 114 Å². The number of hydrogen-bond donors (Lipinski definition) is 2. The number of likely N-dealkylation sites (tertiary alicyclic amines) is 2. The second kappa shape index (κ2) is 26.4. The van der Waals surface area contributed by atoms with E-state index in [0.717, 1.165) is 88.2 Å². The lowest BCUT2D eigenvalue weighted by molar-refractivity contribution is -0.151. The average molecular weight is 927 g/mol. The van der Waals surface area contributed by atoms with Crippen molar-refractivity contribution in [1.29, 1.82) is 0 Å². The predicted molar refractivity (Wildman–Crippen MR) is 266 cm³/mol. The zero-order valence-corrected chi connectivity index (χ0v) is 43.7. The molecule has 1 aromatic carbocycles. The van der Waals surface area contributed by atoms with Crippen molar-refractivity contribution in [3.63, 3.8) is 0 Å². The van der Waals surface area contributed by atoms with Gasteiger partial charge < -0.3 is 29.5 Å². The van der Waals surface area contributed by atoms with Crippen molar-refractivity contribution in [2.75, 3.05) is 26.3 Å². The second-order valence-corrected chi connectivity index (χ2v) is 21.0. The molecule has 3 rings (SSSR count). The maximum Gasteiger partial charge on any atom is 0.407 e. The molecule has 2 saturated heterocycles. The van der Waals surface area contributed by atoms with E-state index >= 15 is 0 Å². The Morgan fingerprint density at radius 1 is 0.591 bits per heavy atom. The van der Waals surface area contributed by atoms with Gasteiger partial charge in [0.25, 0.3) is 0 Å². The number of carboxylic acid groups (broad SMARTS) is 2. The lowest BCUT2D eigenvalue weighted by atomic mass is 9.66. The minimum absolute atomic E-state index is 0.0290. The minimum Gasteiger partial charge on any atom is -0.465 e. The fraction of sp³-hybridized carbons (Fsp3) is 0.815. The van der Waals surface area contributed by atoms with Gasteiger partial charge in [-0.3, -0.25) is 19.4 Å². The first-order valence-electron chi connectivity index (χ1n) is 26.2. The summed E-state index contributed by atoms with van der Waals surface area (Å²) in [4.78, 5) is 60.2. The molecule has 2 fully saturated rings. The number of carbonyl (C=O) groups is 4. The molecule has 2 aliphatic rings. The van der Waals surface area contributed by atoms with E-state index in [-0.39, 0.29) is 71.1 Å². The van der Waals surface area contributed by atoms with Crippen molar-refractivity contribution < 1.29 is 38.9 Å². The van der Waals surface area contributed by atoms with Gasteiger partial charge in [0.1, 0.15) is 13.2 Å². The van der Waals surface area contributed by atoms with Crippen LogP contribution in [0.1, 0.15) is 210 Å². The Bertz CT molecular complexity index is 1560. The Kier molecular flexibility index (Phi) is 22.8. The molecule has 1 aromatic rings. The maximum absolute atomic E-state index is 13.3. The third-order valence-corrected chi connectivity index (χ3v) is 17.0.